The molecule has 0 fully saturated rings. The molecule has 0 amide bonds. The van der Waals surface area contributed by atoms with E-state index < -0.39 is 17.9 Å². The number of ether oxygens (including phenoxy) is 1. The van der Waals surface area contributed by atoms with Gasteiger partial charge in [0.1, 0.15) is 18.1 Å². The molecule has 0 atom stereocenters. The van der Waals surface area contributed by atoms with Crippen molar-refractivity contribution < 1.29 is 29.3 Å². The molecule has 0 spiro atoms. The van der Waals surface area contributed by atoms with Crippen LogP contribution < -0.4 is 0 Å². The molecular weight excluding hydrogens is 472 g/mol. The Hall–Kier alpha value is -5.24. The lowest BCUT2D eigenvalue weighted by Crippen LogP contribution is -2.07. The second-order valence-electron chi connectivity index (χ2n) is 7.96. The minimum atomic E-state index is -1.05. The van der Waals surface area contributed by atoms with Crippen LogP contribution in [0.1, 0.15) is 27.2 Å². The lowest BCUT2D eigenvalue weighted by molar-refractivity contribution is -0.132. The molecule has 0 saturated carbocycles. The number of hydrogen-bond acceptors (Lipinski definition) is 5. The highest BCUT2D eigenvalue weighted by atomic mass is 16.5. The third-order valence-corrected chi connectivity index (χ3v) is 5.33. The second kappa shape index (κ2) is 11.5. The third-order valence-electron chi connectivity index (χ3n) is 5.33. The quantitative estimate of drug-likeness (QED) is 0.213. The molecule has 184 valence electrons. The van der Waals surface area contributed by atoms with E-state index in [1.807, 2.05) is 30.3 Å². The van der Waals surface area contributed by atoms with Crippen LogP contribution in [-0.2, 0) is 20.9 Å². The average molecular weight is 495 g/mol. The van der Waals surface area contributed by atoms with Gasteiger partial charge in [-0.15, -0.1) is 0 Å². The number of nitrogens with zero attached hydrogens (tertiary/aromatic N) is 1. The topological polar surface area (TPSA) is 130 Å². The molecule has 0 aliphatic heterocycles. The van der Waals surface area contributed by atoms with E-state index in [0.717, 1.165) is 17.7 Å². The van der Waals surface area contributed by atoms with Crippen molar-refractivity contribution >= 4 is 30.1 Å². The van der Waals surface area contributed by atoms with Gasteiger partial charge >= 0.3 is 17.9 Å². The number of hydrogen-bond donors (Lipinski definition) is 3. The van der Waals surface area contributed by atoms with Gasteiger partial charge in [-0.05, 0) is 28.8 Å². The van der Waals surface area contributed by atoms with Crippen molar-refractivity contribution in [2.75, 3.05) is 0 Å². The zero-order valence-electron chi connectivity index (χ0n) is 19.5. The number of aromatic amines is 1. The van der Waals surface area contributed by atoms with E-state index in [1.165, 1.54) is 12.2 Å². The summed E-state index contributed by atoms with van der Waals surface area (Å²) in [5, 5.41) is 17.7. The Labute approximate surface area is 212 Å². The maximum Gasteiger partial charge on any atom is 0.357 e. The van der Waals surface area contributed by atoms with Crippen LogP contribution in [0.25, 0.3) is 34.8 Å². The average Bonchev–Trinajstić information content (AvgIpc) is 3.36. The molecule has 1 heterocycles. The fourth-order valence-electron chi connectivity index (χ4n) is 3.50. The van der Waals surface area contributed by atoms with E-state index in [0.29, 0.717) is 33.8 Å². The van der Waals surface area contributed by atoms with E-state index in [1.54, 1.807) is 48.5 Å². The van der Waals surface area contributed by atoms with Gasteiger partial charge in [-0.3, -0.25) is 0 Å². The standard InChI is InChI=1S/C29H22N2O6/c32-24(33)16-10-19-6-12-22(13-7-19)26-27(29(36)37-18-21-4-2-1-3-5-21)31-28(30-26)23-14-8-20(9-15-23)11-17-25(34)35/h1-17H,18H2,(H,30,31)(H,32,33)(H,34,35). The summed E-state index contributed by atoms with van der Waals surface area (Å²) in [5.74, 6) is -2.23. The van der Waals surface area contributed by atoms with Crippen molar-refractivity contribution in [2.24, 2.45) is 0 Å². The molecule has 0 saturated heterocycles. The Balaban J connectivity index is 1.66. The highest BCUT2D eigenvalue weighted by Crippen LogP contribution is 2.28. The number of carbonyl (C=O) groups excluding carboxylic acids is 1. The third kappa shape index (κ3) is 6.67. The van der Waals surface area contributed by atoms with E-state index in [9.17, 15) is 14.4 Å². The van der Waals surface area contributed by atoms with E-state index >= 15 is 0 Å². The second-order valence-corrected chi connectivity index (χ2v) is 7.96. The Morgan fingerprint density at radius 1 is 0.757 bits per heavy atom. The number of rotatable bonds is 9. The monoisotopic (exact) mass is 494 g/mol. The predicted molar refractivity (Wildman–Crippen MR) is 138 cm³/mol. The minimum Gasteiger partial charge on any atom is -0.478 e. The van der Waals surface area contributed by atoms with E-state index in [2.05, 4.69) is 9.97 Å². The molecule has 0 unspecified atom stereocenters. The molecule has 37 heavy (non-hydrogen) atoms. The molecule has 0 bridgehead atoms. The van der Waals surface area contributed by atoms with Crippen LogP contribution >= 0.6 is 0 Å². The van der Waals surface area contributed by atoms with E-state index in [-0.39, 0.29) is 12.3 Å². The van der Waals surface area contributed by atoms with Crippen molar-refractivity contribution in [3.63, 3.8) is 0 Å². The maximum absolute atomic E-state index is 13.1. The summed E-state index contributed by atoms with van der Waals surface area (Å²) >= 11 is 0. The lowest BCUT2D eigenvalue weighted by atomic mass is 10.1. The fourth-order valence-corrected chi connectivity index (χ4v) is 3.50. The van der Waals surface area contributed by atoms with Crippen LogP contribution in [0.15, 0.2) is 91.0 Å². The van der Waals surface area contributed by atoms with Gasteiger partial charge in [0.05, 0.1) is 0 Å². The number of aromatic nitrogens is 2. The first-order chi connectivity index (χ1) is 17.9. The summed E-state index contributed by atoms with van der Waals surface area (Å²) in [7, 11) is 0. The van der Waals surface area contributed by atoms with Gasteiger partial charge in [-0.2, -0.15) is 0 Å². The Bertz CT molecular complexity index is 1470. The highest BCUT2D eigenvalue weighted by molar-refractivity contribution is 5.95. The van der Waals surface area contributed by atoms with Gasteiger partial charge in [0.2, 0.25) is 0 Å². The Morgan fingerprint density at radius 2 is 1.30 bits per heavy atom. The smallest absolute Gasteiger partial charge is 0.357 e. The van der Waals surface area contributed by atoms with Gasteiger partial charge in [-0.25, -0.2) is 19.4 Å². The SMILES string of the molecule is O=C(O)C=Cc1ccc(-c2nc(-c3ccc(C=CC(=O)O)cc3)c(C(=O)OCc3ccccc3)[nH]2)cc1. The number of carboxylic acids is 2. The van der Waals surface area contributed by atoms with Gasteiger partial charge in [-0.1, -0.05) is 78.9 Å². The number of H-pyrrole nitrogens is 1. The van der Waals surface area contributed by atoms with Crippen molar-refractivity contribution in [3.8, 4) is 22.6 Å². The molecular formula is C29H22N2O6. The van der Waals surface area contributed by atoms with Gasteiger partial charge in [0.25, 0.3) is 0 Å². The van der Waals surface area contributed by atoms with Crippen molar-refractivity contribution in [1.29, 1.82) is 0 Å². The van der Waals surface area contributed by atoms with Crippen LogP contribution in [0.5, 0.6) is 0 Å². The molecule has 0 aliphatic carbocycles. The number of aliphatic carboxylic acids is 2. The summed E-state index contributed by atoms with van der Waals surface area (Å²) < 4.78 is 5.54. The van der Waals surface area contributed by atoms with Crippen molar-refractivity contribution in [3.05, 3.63) is 113 Å². The lowest BCUT2D eigenvalue weighted by Gasteiger charge is -2.06. The number of esters is 1. The highest BCUT2D eigenvalue weighted by Gasteiger charge is 2.21. The van der Waals surface area contributed by atoms with Crippen LogP contribution in [-0.4, -0.2) is 38.1 Å². The van der Waals surface area contributed by atoms with E-state index in [4.69, 9.17) is 14.9 Å². The first kappa shape index (κ1) is 24.9. The molecule has 3 N–H and O–H groups in total. The normalized spacial score (nSPS) is 11.1. The fraction of sp³-hybridized carbons (Fsp3) is 0.0345. The Kier molecular flexibility index (Phi) is 7.70. The van der Waals surface area contributed by atoms with Crippen LogP contribution in [0.2, 0.25) is 0 Å². The summed E-state index contributed by atoms with van der Waals surface area (Å²) in [5.41, 5.74) is 4.12. The summed E-state index contributed by atoms with van der Waals surface area (Å²) in [6, 6.07) is 23.3. The molecule has 4 rings (SSSR count). The molecule has 1 aromatic heterocycles. The van der Waals surface area contributed by atoms with Gasteiger partial charge in [0.15, 0.2) is 5.69 Å². The molecule has 8 heteroatoms. The van der Waals surface area contributed by atoms with Gasteiger partial charge < -0.3 is 19.9 Å². The predicted octanol–water partition coefficient (Wildman–Crippen LogP) is 5.30. The van der Waals surface area contributed by atoms with Gasteiger partial charge in [0, 0.05) is 23.3 Å². The molecule has 0 radical (unpaired) electrons. The molecule has 0 aliphatic rings. The molecule has 3 aromatic carbocycles. The van der Waals surface area contributed by atoms with Crippen LogP contribution in [0.4, 0.5) is 0 Å². The van der Waals surface area contributed by atoms with Crippen molar-refractivity contribution in [2.45, 2.75) is 6.61 Å². The first-order valence-electron chi connectivity index (χ1n) is 11.2. The van der Waals surface area contributed by atoms with Crippen LogP contribution in [0.3, 0.4) is 0 Å². The summed E-state index contributed by atoms with van der Waals surface area (Å²) in [6.45, 7) is 0.0942. The zero-order chi connectivity index (χ0) is 26.2. The summed E-state index contributed by atoms with van der Waals surface area (Å²) in [4.78, 5) is 42.3. The molecule has 8 nitrogen and oxygen atoms in total. The Morgan fingerprint density at radius 3 is 1.84 bits per heavy atom. The number of carbonyl (C=O) groups is 3. The number of nitrogens with one attached hydrogen (secondary N) is 1. The maximum atomic E-state index is 13.1. The minimum absolute atomic E-state index is 0.0942. The number of imidazole rings is 1. The molecule has 4 aromatic rings. The number of carboxylic acid groups (broad SMARTS) is 2. The first-order valence-corrected chi connectivity index (χ1v) is 11.2. The number of benzene rings is 3. The zero-order valence-corrected chi connectivity index (χ0v) is 19.5. The van der Waals surface area contributed by atoms with Crippen molar-refractivity contribution in [1.82, 2.24) is 9.97 Å². The van der Waals surface area contributed by atoms with Crippen LogP contribution in [0, 0.1) is 0 Å². The largest absolute Gasteiger partial charge is 0.478 e. The summed E-state index contributed by atoms with van der Waals surface area (Å²) in [6.07, 6.45) is 5.05.